The van der Waals surface area contributed by atoms with E-state index in [1.54, 1.807) is 0 Å². The molecule has 0 amide bonds. The fraction of sp³-hybridized carbons (Fsp3) is 0.138. The third-order valence-corrected chi connectivity index (χ3v) is 9.94. The van der Waals surface area contributed by atoms with Crippen molar-refractivity contribution in [2.75, 3.05) is 0 Å². The zero-order chi connectivity index (χ0) is 21.4. The van der Waals surface area contributed by atoms with Crippen molar-refractivity contribution in [3.63, 3.8) is 0 Å². The molecule has 31 heavy (non-hydrogen) atoms. The van der Waals surface area contributed by atoms with Gasteiger partial charge in [-0.2, -0.15) is 0 Å². The Labute approximate surface area is 186 Å². The summed E-state index contributed by atoms with van der Waals surface area (Å²) in [6.45, 7) is 0. The molecule has 0 aliphatic carbocycles. The zero-order valence-electron chi connectivity index (χ0n) is 17.7. The van der Waals surface area contributed by atoms with Crippen LogP contribution < -0.4 is 15.9 Å². The number of carbonyl (C=O) groups is 1. The van der Waals surface area contributed by atoms with Crippen molar-refractivity contribution in [2.24, 2.45) is 0 Å². The molecule has 2 heteroatoms. The van der Waals surface area contributed by atoms with Gasteiger partial charge in [-0.25, -0.2) is 0 Å². The van der Waals surface area contributed by atoms with Gasteiger partial charge in [-0.15, -0.1) is 0 Å². The molecule has 0 aromatic heterocycles. The van der Waals surface area contributed by atoms with Crippen molar-refractivity contribution in [3.8, 4) is 0 Å². The minimum atomic E-state index is -2.40. The third-order valence-electron chi connectivity index (χ3n) is 5.75. The molecule has 0 radical (unpaired) electrons. The molecule has 0 fully saturated rings. The molecule has 0 heterocycles. The lowest BCUT2D eigenvalue weighted by molar-refractivity contribution is -0.111. The molecule has 4 rings (SSSR count). The standard InChI is InChI=1S/C29H28OP/c30-29(24-14-13-17-25-15-5-1-6-16-25)31(26-18-7-2-8-19-26,27-20-9-3-10-21-27)28-22-11-4-12-23-28/h1-12,15-16,18-23H,13-14,17,24H2/q+1. The first-order chi connectivity index (χ1) is 15.3. The first kappa shape index (κ1) is 21.2. The quantitative estimate of drug-likeness (QED) is 0.241. The Morgan fingerprint density at radius 2 is 0.903 bits per heavy atom. The molecule has 0 unspecified atom stereocenters. The largest absolute Gasteiger partial charge is 0.283 e. The molecule has 0 saturated heterocycles. The van der Waals surface area contributed by atoms with Crippen molar-refractivity contribution >= 4 is 28.7 Å². The molecule has 154 valence electrons. The Bertz CT molecular complexity index is 980. The first-order valence-corrected chi connectivity index (χ1v) is 12.7. The SMILES string of the molecule is O=C(CCCCc1ccccc1)[P+](c1ccccc1)(c1ccccc1)c1ccccc1. The summed E-state index contributed by atoms with van der Waals surface area (Å²) < 4.78 is 0. The molecule has 1 nitrogen and oxygen atoms in total. The molecular formula is C29H28OP+. The maximum absolute atomic E-state index is 14.1. The fourth-order valence-electron chi connectivity index (χ4n) is 4.25. The molecule has 0 saturated carbocycles. The summed E-state index contributed by atoms with van der Waals surface area (Å²) in [6.07, 6.45) is 3.54. The van der Waals surface area contributed by atoms with Crippen LogP contribution in [0.2, 0.25) is 0 Å². The molecule has 0 spiro atoms. The van der Waals surface area contributed by atoms with Crippen LogP contribution in [0.5, 0.6) is 0 Å². The van der Waals surface area contributed by atoms with Gasteiger partial charge >= 0.3 is 0 Å². The number of benzene rings is 4. The lowest BCUT2D eigenvalue weighted by Gasteiger charge is -2.25. The van der Waals surface area contributed by atoms with E-state index in [2.05, 4.69) is 97.1 Å². The Kier molecular flexibility index (Phi) is 7.07. The average Bonchev–Trinajstić information content (AvgIpc) is 2.85. The van der Waals surface area contributed by atoms with E-state index in [-0.39, 0.29) is 0 Å². The monoisotopic (exact) mass is 423 g/mol. The molecule has 0 N–H and O–H groups in total. The maximum atomic E-state index is 14.1. The van der Waals surface area contributed by atoms with E-state index >= 15 is 0 Å². The van der Waals surface area contributed by atoms with E-state index in [0.29, 0.717) is 11.9 Å². The minimum absolute atomic E-state index is 0.365. The summed E-state index contributed by atoms with van der Waals surface area (Å²) in [5, 5.41) is 3.42. The van der Waals surface area contributed by atoms with Gasteiger partial charge in [-0.3, -0.25) is 4.79 Å². The summed E-state index contributed by atoms with van der Waals surface area (Å²) in [5.41, 5.74) is 1.70. The van der Waals surface area contributed by atoms with Crippen LogP contribution in [0, 0.1) is 0 Å². The van der Waals surface area contributed by atoms with Crippen LogP contribution in [-0.4, -0.2) is 5.52 Å². The Morgan fingerprint density at radius 1 is 0.516 bits per heavy atom. The highest BCUT2D eigenvalue weighted by molar-refractivity contribution is 8.08. The summed E-state index contributed by atoms with van der Waals surface area (Å²) in [4.78, 5) is 14.1. The number of hydrogen-bond acceptors (Lipinski definition) is 1. The number of rotatable bonds is 9. The summed E-state index contributed by atoms with van der Waals surface area (Å²) >= 11 is 0. The second-order valence-electron chi connectivity index (χ2n) is 7.76. The Morgan fingerprint density at radius 3 is 1.32 bits per heavy atom. The second kappa shape index (κ2) is 10.3. The maximum Gasteiger partial charge on any atom is 0.283 e. The molecule has 0 bridgehead atoms. The normalized spacial score (nSPS) is 11.2. The summed E-state index contributed by atoms with van der Waals surface area (Å²) in [5.74, 6) is 0. The highest BCUT2D eigenvalue weighted by Gasteiger charge is 2.52. The zero-order valence-corrected chi connectivity index (χ0v) is 18.6. The molecule has 4 aromatic rings. The van der Waals surface area contributed by atoms with E-state index in [0.717, 1.165) is 35.2 Å². The van der Waals surface area contributed by atoms with Crippen LogP contribution in [0.25, 0.3) is 0 Å². The topological polar surface area (TPSA) is 17.1 Å². The van der Waals surface area contributed by atoms with E-state index in [1.165, 1.54) is 5.56 Å². The lowest BCUT2D eigenvalue weighted by Crippen LogP contribution is -2.36. The van der Waals surface area contributed by atoms with Gasteiger partial charge in [0, 0.05) is 6.42 Å². The van der Waals surface area contributed by atoms with Gasteiger partial charge in [0.2, 0.25) is 0 Å². The summed E-state index contributed by atoms with van der Waals surface area (Å²) in [7, 11) is -2.40. The van der Waals surface area contributed by atoms with Crippen molar-refractivity contribution in [1.82, 2.24) is 0 Å². The van der Waals surface area contributed by atoms with Crippen LogP contribution in [0.4, 0.5) is 0 Å². The number of hydrogen-bond donors (Lipinski definition) is 0. The highest BCUT2D eigenvalue weighted by atomic mass is 31.2. The van der Waals surface area contributed by atoms with Crippen molar-refractivity contribution in [3.05, 3.63) is 127 Å². The van der Waals surface area contributed by atoms with E-state index < -0.39 is 7.26 Å². The first-order valence-electron chi connectivity index (χ1n) is 10.9. The predicted molar refractivity (Wildman–Crippen MR) is 134 cm³/mol. The number of unbranched alkanes of at least 4 members (excludes halogenated alkanes) is 1. The van der Waals surface area contributed by atoms with Gasteiger partial charge in [-0.05, 0) is 61.2 Å². The van der Waals surface area contributed by atoms with Crippen molar-refractivity contribution in [1.29, 1.82) is 0 Å². The van der Waals surface area contributed by atoms with Crippen LogP contribution in [0.1, 0.15) is 24.8 Å². The van der Waals surface area contributed by atoms with Gasteiger partial charge < -0.3 is 0 Å². The highest BCUT2D eigenvalue weighted by Crippen LogP contribution is 2.57. The number of carbonyl (C=O) groups excluding carboxylic acids is 1. The lowest BCUT2D eigenvalue weighted by atomic mass is 10.1. The van der Waals surface area contributed by atoms with Crippen LogP contribution in [0.15, 0.2) is 121 Å². The Hall–Kier alpha value is -3.02. The van der Waals surface area contributed by atoms with Gasteiger partial charge in [-0.1, -0.05) is 84.9 Å². The van der Waals surface area contributed by atoms with Gasteiger partial charge in [0.05, 0.1) is 0 Å². The van der Waals surface area contributed by atoms with Gasteiger partial charge in [0.15, 0.2) is 7.26 Å². The van der Waals surface area contributed by atoms with Gasteiger partial charge in [0.1, 0.15) is 15.9 Å². The molecular weight excluding hydrogens is 395 g/mol. The predicted octanol–water partition coefficient (Wildman–Crippen LogP) is 5.92. The van der Waals surface area contributed by atoms with E-state index in [4.69, 9.17) is 0 Å². The fourth-order valence-corrected chi connectivity index (χ4v) is 8.36. The van der Waals surface area contributed by atoms with E-state index in [1.807, 2.05) is 24.3 Å². The molecule has 0 aliphatic rings. The average molecular weight is 424 g/mol. The minimum Gasteiger partial charge on any atom is -0.252 e. The Balaban J connectivity index is 1.69. The van der Waals surface area contributed by atoms with E-state index in [9.17, 15) is 4.79 Å². The summed E-state index contributed by atoms with van der Waals surface area (Å²) in [6, 6.07) is 41.7. The molecule has 0 aliphatic heterocycles. The van der Waals surface area contributed by atoms with Crippen molar-refractivity contribution in [2.45, 2.75) is 25.7 Å². The van der Waals surface area contributed by atoms with Crippen LogP contribution >= 0.6 is 7.26 Å². The molecule has 4 aromatic carbocycles. The number of aryl methyl sites for hydroxylation is 1. The van der Waals surface area contributed by atoms with Crippen LogP contribution in [0.3, 0.4) is 0 Å². The smallest absolute Gasteiger partial charge is 0.252 e. The van der Waals surface area contributed by atoms with Crippen LogP contribution in [-0.2, 0) is 11.2 Å². The second-order valence-corrected chi connectivity index (χ2v) is 11.2. The third kappa shape index (κ3) is 4.68. The van der Waals surface area contributed by atoms with Crippen molar-refractivity contribution < 1.29 is 4.79 Å². The molecule has 0 atom stereocenters. The van der Waals surface area contributed by atoms with Gasteiger partial charge in [0.25, 0.3) is 5.52 Å².